The van der Waals surface area contributed by atoms with E-state index in [0.717, 1.165) is 12.8 Å². The van der Waals surface area contributed by atoms with Crippen LogP contribution in [0.15, 0.2) is 24.3 Å². The molecule has 0 aliphatic heterocycles. The fourth-order valence-electron chi connectivity index (χ4n) is 1.78. The highest BCUT2D eigenvalue weighted by atomic mass is 19.4. The number of hydrogen-bond donors (Lipinski definition) is 0. The van der Waals surface area contributed by atoms with Gasteiger partial charge in [-0.1, -0.05) is 12.1 Å². The minimum atomic E-state index is -4.68. The van der Waals surface area contributed by atoms with Crippen molar-refractivity contribution < 1.29 is 22.7 Å². The van der Waals surface area contributed by atoms with Crippen molar-refractivity contribution in [3.05, 3.63) is 29.8 Å². The molecule has 0 N–H and O–H groups in total. The molecule has 0 unspecified atom stereocenters. The van der Waals surface area contributed by atoms with Crippen molar-refractivity contribution in [3.8, 4) is 5.75 Å². The second kappa shape index (κ2) is 5.00. The molecule has 0 atom stereocenters. The molecule has 0 saturated heterocycles. The predicted molar refractivity (Wildman–Crippen MR) is 59.2 cm³/mol. The molecule has 0 aromatic heterocycles. The molecule has 98 valence electrons. The van der Waals surface area contributed by atoms with Gasteiger partial charge in [-0.05, 0) is 37.0 Å². The summed E-state index contributed by atoms with van der Waals surface area (Å²) in [6, 6.07) is 5.77. The highest BCUT2D eigenvalue weighted by Gasteiger charge is 2.31. The van der Waals surface area contributed by atoms with E-state index in [2.05, 4.69) is 4.74 Å². The maximum atomic E-state index is 12.0. The molecule has 0 amide bonds. The number of carbonyl (C=O) groups excluding carboxylic acids is 1. The molecule has 0 radical (unpaired) electrons. The highest BCUT2D eigenvalue weighted by Crippen LogP contribution is 2.31. The lowest BCUT2D eigenvalue weighted by Gasteiger charge is -2.09. The van der Waals surface area contributed by atoms with Crippen LogP contribution < -0.4 is 4.74 Å². The van der Waals surface area contributed by atoms with E-state index in [9.17, 15) is 18.0 Å². The summed E-state index contributed by atoms with van der Waals surface area (Å²) in [6.07, 6.45) is -1.92. The lowest BCUT2D eigenvalue weighted by atomic mass is 10.1. The fourth-order valence-corrected chi connectivity index (χ4v) is 1.78. The summed E-state index contributed by atoms with van der Waals surface area (Å²) < 4.78 is 39.9. The minimum Gasteiger partial charge on any atom is -0.406 e. The van der Waals surface area contributed by atoms with Gasteiger partial charge in [0.1, 0.15) is 11.5 Å². The Morgan fingerprint density at radius 2 is 2.06 bits per heavy atom. The summed E-state index contributed by atoms with van der Waals surface area (Å²) in [5, 5.41) is 0. The van der Waals surface area contributed by atoms with Crippen molar-refractivity contribution in [2.45, 2.75) is 32.0 Å². The van der Waals surface area contributed by atoms with E-state index in [4.69, 9.17) is 0 Å². The number of Topliss-reactive ketones (excluding diaryl/α,β-unsaturated/α-hetero) is 1. The quantitative estimate of drug-likeness (QED) is 0.808. The molecule has 1 aromatic rings. The van der Waals surface area contributed by atoms with E-state index in [1.807, 2.05) is 0 Å². The minimum absolute atomic E-state index is 0.194. The van der Waals surface area contributed by atoms with E-state index < -0.39 is 6.36 Å². The molecule has 0 bridgehead atoms. The summed E-state index contributed by atoms with van der Waals surface area (Å²) in [5.74, 6) is 0.163. The normalized spacial score (nSPS) is 15.5. The first kappa shape index (κ1) is 12.9. The zero-order chi connectivity index (χ0) is 13.2. The molecule has 2 nitrogen and oxygen atoms in total. The number of aryl methyl sites for hydroxylation is 1. The molecular formula is C13H13F3O2. The van der Waals surface area contributed by atoms with Crippen LogP contribution in [-0.4, -0.2) is 12.1 Å². The van der Waals surface area contributed by atoms with Gasteiger partial charge in [-0.2, -0.15) is 0 Å². The second-order valence-corrected chi connectivity index (χ2v) is 4.44. The average Bonchev–Trinajstić information content (AvgIpc) is 3.07. The zero-order valence-electron chi connectivity index (χ0n) is 9.67. The third kappa shape index (κ3) is 4.05. The monoisotopic (exact) mass is 258 g/mol. The van der Waals surface area contributed by atoms with Gasteiger partial charge in [0.25, 0.3) is 0 Å². The maximum Gasteiger partial charge on any atom is 0.573 e. The van der Waals surface area contributed by atoms with Crippen LogP contribution in [-0.2, 0) is 11.2 Å². The van der Waals surface area contributed by atoms with Crippen LogP contribution in [0.1, 0.15) is 24.8 Å². The highest BCUT2D eigenvalue weighted by molar-refractivity contribution is 5.83. The standard InChI is InChI=1S/C13H13F3O2/c14-13(15,16)18-11-3-1-2-9(8-11)4-7-12(17)10-5-6-10/h1-3,8,10H,4-7H2. The zero-order valence-corrected chi connectivity index (χ0v) is 9.67. The first-order chi connectivity index (χ1) is 8.44. The van der Waals surface area contributed by atoms with Crippen molar-refractivity contribution >= 4 is 5.78 Å². The van der Waals surface area contributed by atoms with E-state index >= 15 is 0 Å². The van der Waals surface area contributed by atoms with Crippen molar-refractivity contribution in [2.75, 3.05) is 0 Å². The summed E-state index contributed by atoms with van der Waals surface area (Å²) in [7, 11) is 0. The first-order valence-corrected chi connectivity index (χ1v) is 5.81. The Morgan fingerprint density at radius 3 is 2.67 bits per heavy atom. The van der Waals surface area contributed by atoms with Crippen molar-refractivity contribution in [1.82, 2.24) is 0 Å². The molecule has 0 heterocycles. The molecule has 1 fully saturated rings. The molecule has 18 heavy (non-hydrogen) atoms. The molecule has 5 heteroatoms. The summed E-state index contributed by atoms with van der Waals surface area (Å²) in [4.78, 5) is 11.5. The van der Waals surface area contributed by atoms with Crippen LogP contribution in [0.5, 0.6) is 5.75 Å². The van der Waals surface area contributed by atoms with Crippen molar-refractivity contribution in [2.24, 2.45) is 5.92 Å². The van der Waals surface area contributed by atoms with Gasteiger partial charge in [-0.15, -0.1) is 13.2 Å². The average molecular weight is 258 g/mol. The molecule has 1 aliphatic carbocycles. The Kier molecular flexibility index (Phi) is 3.59. The SMILES string of the molecule is O=C(CCc1cccc(OC(F)(F)F)c1)C1CC1. The predicted octanol–water partition coefficient (Wildman–Crippen LogP) is 3.50. The number of ether oxygens (including phenoxy) is 1. The van der Waals surface area contributed by atoms with Gasteiger partial charge < -0.3 is 4.74 Å². The van der Waals surface area contributed by atoms with Gasteiger partial charge in [0.15, 0.2) is 0 Å². The molecule has 1 saturated carbocycles. The first-order valence-electron chi connectivity index (χ1n) is 5.81. The molecule has 1 aliphatic rings. The Hall–Kier alpha value is -1.52. The largest absolute Gasteiger partial charge is 0.573 e. The third-order valence-electron chi connectivity index (χ3n) is 2.82. The van der Waals surface area contributed by atoms with Gasteiger partial charge in [0.2, 0.25) is 0 Å². The Morgan fingerprint density at radius 1 is 1.33 bits per heavy atom. The molecule has 1 aromatic carbocycles. The van der Waals surface area contributed by atoms with E-state index in [1.54, 1.807) is 6.07 Å². The number of ketones is 1. The van der Waals surface area contributed by atoms with E-state index in [-0.39, 0.29) is 17.5 Å². The van der Waals surface area contributed by atoms with Crippen LogP contribution in [0, 0.1) is 5.92 Å². The number of halogens is 3. The smallest absolute Gasteiger partial charge is 0.406 e. The number of rotatable bonds is 5. The van der Waals surface area contributed by atoms with Crippen LogP contribution in [0.2, 0.25) is 0 Å². The van der Waals surface area contributed by atoms with Gasteiger partial charge in [0.05, 0.1) is 0 Å². The Labute approximate surface area is 103 Å². The van der Waals surface area contributed by atoms with Gasteiger partial charge in [0, 0.05) is 12.3 Å². The van der Waals surface area contributed by atoms with Gasteiger partial charge in [-0.25, -0.2) is 0 Å². The van der Waals surface area contributed by atoms with Crippen LogP contribution in [0.4, 0.5) is 13.2 Å². The molecule has 0 spiro atoms. The van der Waals surface area contributed by atoms with Gasteiger partial charge in [-0.3, -0.25) is 4.79 Å². The number of hydrogen-bond acceptors (Lipinski definition) is 2. The van der Waals surface area contributed by atoms with E-state index in [1.165, 1.54) is 18.2 Å². The topological polar surface area (TPSA) is 26.3 Å². The van der Waals surface area contributed by atoms with E-state index in [0.29, 0.717) is 18.4 Å². The van der Waals surface area contributed by atoms with Crippen LogP contribution >= 0.6 is 0 Å². The number of carbonyl (C=O) groups is 1. The third-order valence-corrected chi connectivity index (χ3v) is 2.82. The maximum absolute atomic E-state index is 12.0. The Bertz CT molecular complexity index is 436. The molecular weight excluding hydrogens is 245 g/mol. The van der Waals surface area contributed by atoms with Crippen molar-refractivity contribution in [1.29, 1.82) is 0 Å². The van der Waals surface area contributed by atoms with Crippen LogP contribution in [0.3, 0.4) is 0 Å². The lowest BCUT2D eigenvalue weighted by Crippen LogP contribution is -2.17. The summed E-state index contributed by atoms with van der Waals surface area (Å²) >= 11 is 0. The molecule has 2 rings (SSSR count). The van der Waals surface area contributed by atoms with Gasteiger partial charge >= 0.3 is 6.36 Å². The van der Waals surface area contributed by atoms with Crippen molar-refractivity contribution in [3.63, 3.8) is 0 Å². The number of benzene rings is 1. The van der Waals surface area contributed by atoms with Crippen LogP contribution in [0.25, 0.3) is 0 Å². The summed E-state index contributed by atoms with van der Waals surface area (Å²) in [5.41, 5.74) is 0.686. The second-order valence-electron chi connectivity index (χ2n) is 4.44. The lowest BCUT2D eigenvalue weighted by molar-refractivity contribution is -0.274. The number of alkyl halides is 3. The summed E-state index contributed by atoms with van der Waals surface area (Å²) in [6.45, 7) is 0. The fraction of sp³-hybridized carbons (Fsp3) is 0.462. The Balaban J connectivity index is 1.92.